The van der Waals surface area contributed by atoms with Gasteiger partial charge in [0.1, 0.15) is 0 Å². The normalized spacial score (nSPS) is 11.1. The average molecular weight is 319 g/mol. The predicted molar refractivity (Wildman–Crippen MR) is 77.2 cm³/mol. The summed E-state index contributed by atoms with van der Waals surface area (Å²) in [5.74, 6) is -0.478. The van der Waals surface area contributed by atoms with Gasteiger partial charge in [0.2, 0.25) is 0 Å². The van der Waals surface area contributed by atoms with E-state index >= 15 is 0 Å². The van der Waals surface area contributed by atoms with Gasteiger partial charge in [-0.1, -0.05) is 5.16 Å². The zero-order chi connectivity index (χ0) is 16.7. The van der Waals surface area contributed by atoms with E-state index < -0.39 is 17.2 Å². The second-order valence-electron chi connectivity index (χ2n) is 4.93. The summed E-state index contributed by atoms with van der Waals surface area (Å²) in [5, 5.41) is 3.54. The Morgan fingerprint density at radius 3 is 2.78 bits per heavy atom. The number of fused-ring (bicyclic) bond motifs is 1. The van der Waals surface area contributed by atoms with Crippen LogP contribution in [0.2, 0.25) is 0 Å². The van der Waals surface area contributed by atoms with Crippen molar-refractivity contribution in [3.05, 3.63) is 44.7 Å². The molecule has 0 radical (unpaired) electrons. The fourth-order valence-electron chi connectivity index (χ4n) is 2.28. The molecule has 10 heteroatoms. The number of aromatic nitrogens is 5. The summed E-state index contributed by atoms with van der Waals surface area (Å²) in [7, 11) is 4.40. The molecular formula is C13H13N5O5. The van der Waals surface area contributed by atoms with Gasteiger partial charge in [0.05, 0.1) is 20.0 Å². The summed E-state index contributed by atoms with van der Waals surface area (Å²) in [4.78, 5) is 40.3. The quantitative estimate of drug-likeness (QED) is 0.584. The molecule has 120 valence electrons. The maximum Gasteiger partial charge on any atom is 0.360 e. The number of rotatable bonds is 3. The molecule has 0 fully saturated rings. The van der Waals surface area contributed by atoms with Crippen molar-refractivity contribution in [1.82, 2.24) is 23.8 Å². The Bertz CT molecular complexity index is 1020. The average Bonchev–Trinajstić information content (AvgIpc) is 3.15. The van der Waals surface area contributed by atoms with Crippen LogP contribution in [0, 0.1) is 0 Å². The lowest BCUT2D eigenvalue weighted by Crippen LogP contribution is -2.39. The second kappa shape index (κ2) is 5.23. The van der Waals surface area contributed by atoms with E-state index in [2.05, 4.69) is 14.9 Å². The van der Waals surface area contributed by atoms with Crippen molar-refractivity contribution in [3.8, 4) is 0 Å². The number of imidazole rings is 1. The molecule has 0 aliphatic heterocycles. The monoisotopic (exact) mass is 319 g/mol. The number of carbonyl (C=O) groups excluding carboxylic acids is 1. The lowest BCUT2D eigenvalue weighted by Gasteiger charge is -2.06. The number of carbonyl (C=O) groups is 1. The smallest absolute Gasteiger partial charge is 0.360 e. The highest BCUT2D eigenvalue weighted by atomic mass is 16.5. The number of esters is 1. The van der Waals surface area contributed by atoms with Crippen LogP contribution in [0.25, 0.3) is 11.2 Å². The first kappa shape index (κ1) is 14.8. The van der Waals surface area contributed by atoms with E-state index in [1.807, 2.05) is 0 Å². The molecule has 3 rings (SSSR count). The van der Waals surface area contributed by atoms with E-state index in [0.29, 0.717) is 11.2 Å². The van der Waals surface area contributed by atoms with Crippen LogP contribution in [-0.2, 0) is 25.4 Å². The Labute approximate surface area is 128 Å². The Balaban J connectivity index is 2.12. The van der Waals surface area contributed by atoms with Gasteiger partial charge in [-0.25, -0.2) is 14.6 Å². The van der Waals surface area contributed by atoms with Gasteiger partial charge in [-0.3, -0.25) is 13.9 Å². The third-order valence-electron chi connectivity index (χ3n) is 3.47. The molecule has 0 spiro atoms. The molecule has 0 bridgehead atoms. The van der Waals surface area contributed by atoms with Crippen LogP contribution in [0.15, 0.2) is 26.5 Å². The molecule has 3 heterocycles. The third-order valence-corrected chi connectivity index (χ3v) is 3.47. The molecule has 0 atom stereocenters. The molecule has 3 aromatic heterocycles. The van der Waals surface area contributed by atoms with E-state index in [0.717, 1.165) is 4.57 Å². The molecule has 0 amide bonds. The Morgan fingerprint density at radius 2 is 2.09 bits per heavy atom. The maximum absolute atomic E-state index is 12.5. The standard InChI is InChI=1S/C13H13N5O5/c1-16-6-14-10-9(16)11(19)18(13(21)17(10)2)5-7-4-8(15-23-7)12(20)22-3/h4,6H,5H2,1-3H3. The van der Waals surface area contributed by atoms with Crippen LogP contribution >= 0.6 is 0 Å². The summed E-state index contributed by atoms with van der Waals surface area (Å²) < 4.78 is 13.3. The van der Waals surface area contributed by atoms with Gasteiger partial charge < -0.3 is 13.8 Å². The Kier molecular flexibility index (Phi) is 3.36. The third kappa shape index (κ3) is 2.24. The number of aryl methyl sites for hydroxylation is 2. The number of nitrogens with zero attached hydrogens (tertiary/aromatic N) is 5. The number of hydrogen-bond acceptors (Lipinski definition) is 7. The summed E-state index contributed by atoms with van der Waals surface area (Å²) >= 11 is 0. The van der Waals surface area contributed by atoms with Crippen LogP contribution in [-0.4, -0.2) is 36.9 Å². The first-order valence-electron chi connectivity index (χ1n) is 6.58. The fourth-order valence-corrected chi connectivity index (χ4v) is 2.28. The summed E-state index contributed by atoms with van der Waals surface area (Å²) in [6.07, 6.45) is 1.46. The Hall–Kier alpha value is -3.17. The minimum absolute atomic E-state index is 0.0333. The molecule has 0 aliphatic carbocycles. The van der Waals surface area contributed by atoms with E-state index in [-0.39, 0.29) is 18.0 Å². The molecule has 0 saturated carbocycles. The van der Waals surface area contributed by atoms with Crippen LogP contribution in [0.5, 0.6) is 0 Å². The second-order valence-corrected chi connectivity index (χ2v) is 4.93. The van der Waals surface area contributed by atoms with Crippen LogP contribution in [0.4, 0.5) is 0 Å². The van der Waals surface area contributed by atoms with Crippen molar-refractivity contribution in [2.24, 2.45) is 14.1 Å². The van der Waals surface area contributed by atoms with Crippen LogP contribution in [0.3, 0.4) is 0 Å². The van der Waals surface area contributed by atoms with Crippen molar-refractivity contribution in [2.75, 3.05) is 7.11 Å². The highest BCUT2D eigenvalue weighted by Crippen LogP contribution is 2.07. The first-order valence-corrected chi connectivity index (χ1v) is 6.58. The lowest BCUT2D eigenvalue weighted by atomic mass is 10.3. The molecule has 0 N–H and O–H groups in total. The highest BCUT2D eigenvalue weighted by molar-refractivity contribution is 5.86. The van der Waals surface area contributed by atoms with Gasteiger partial charge in [0, 0.05) is 20.2 Å². The van der Waals surface area contributed by atoms with E-state index in [4.69, 9.17) is 4.52 Å². The highest BCUT2D eigenvalue weighted by Gasteiger charge is 2.18. The minimum atomic E-state index is -0.665. The summed E-state index contributed by atoms with van der Waals surface area (Å²) in [6, 6.07) is 1.32. The molecule has 0 aliphatic rings. The molecule has 10 nitrogen and oxygen atoms in total. The SMILES string of the molecule is COC(=O)c1cc(Cn2c(=O)c3c(ncn3C)n(C)c2=O)on1. The van der Waals surface area contributed by atoms with Gasteiger partial charge in [-0.15, -0.1) is 0 Å². The van der Waals surface area contributed by atoms with Gasteiger partial charge in [0.15, 0.2) is 22.6 Å². The largest absolute Gasteiger partial charge is 0.464 e. The zero-order valence-corrected chi connectivity index (χ0v) is 12.6. The van der Waals surface area contributed by atoms with Gasteiger partial charge in [0.25, 0.3) is 5.56 Å². The molecule has 23 heavy (non-hydrogen) atoms. The minimum Gasteiger partial charge on any atom is -0.464 e. The zero-order valence-electron chi connectivity index (χ0n) is 12.6. The topological polar surface area (TPSA) is 114 Å². The van der Waals surface area contributed by atoms with Crippen molar-refractivity contribution < 1.29 is 14.1 Å². The number of methoxy groups -OCH3 is 1. The van der Waals surface area contributed by atoms with E-state index in [1.165, 1.54) is 35.7 Å². The van der Waals surface area contributed by atoms with Gasteiger partial charge in [-0.05, 0) is 0 Å². The number of hydrogen-bond donors (Lipinski definition) is 0. The van der Waals surface area contributed by atoms with Crippen molar-refractivity contribution >= 4 is 17.1 Å². The molecule has 0 aromatic carbocycles. The van der Waals surface area contributed by atoms with Gasteiger partial charge >= 0.3 is 11.7 Å². The molecular weight excluding hydrogens is 306 g/mol. The van der Waals surface area contributed by atoms with Crippen LogP contribution < -0.4 is 11.2 Å². The lowest BCUT2D eigenvalue weighted by molar-refractivity contribution is 0.0589. The van der Waals surface area contributed by atoms with E-state index in [1.54, 1.807) is 7.05 Å². The summed E-state index contributed by atoms with van der Waals surface area (Å²) in [5.41, 5.74) is -0.489. The van der Waals surface area contributed by atoms with Crippen LogP contribution in [0.1, 0.15) is 16.2 Å². The molecule has 0 saturated heterocycles. The Morgan fingerprint density at radius 1 is 1.35 bits per heavy atom. The first-order chi connectivity index (χ1) is 10.9. The molecule has 3 aromatic rings. The van der Waals surface area contributed by atoms with Crippen molar-refractivity contribution in [1.29, 1.82) is 0 Å². The number of ether oxygens (including phenoxy) is 1. The van der Waals surface area contributed by atoms with Crippen molar-refractivity contribution in [3.63, 3.8) is 0 Å². The fraction of sp³-hybridized carbons (Fsp3) is 0.308. The van der Waals surface area contributed by atoms with Gasteiger partial charge in [-0.2, -0.15) is 0 Å². The van der Waals surface area contributed by atoms with E-state index in [9.17, 15) is 14.4 Å². The summed E-state index contributed by atoms with van der Waals surface area (Å²) in [6.45, 7) is -0.156. The van der Waals surface area contributed by atoms with Crippen molar-refractivity contribution in [2.45, 2.75) is 6.54 Å². The molecule has 0 unspecified atom stereocenters. The maximum atomic E-state index is 12.5. The predicted octanol–water partition coefficient (Wildman–Crippen LogP) is -0.743.